The van der Waals surface area contributed by atoms with Crippen molar-refractivity contribution >= 4 is 46.8 Å². The number of aromatic nitrogens is 2. The molecule has 2 saturated heterocycles. The van der Waals surface area contributed by atoms with Crippen molar-refractivity contribution in [3.8, 4) is 5.75 Å². The number of ether oxygens (including phenoxy) is 1. The molecular weight excluding hydrogens is 475 g/mol. The summed E-state index contributed by atoms with van der Waals surface area (Å²) >= 11 is 12.3. The van der Waals surface area contributed by atoms with E-state index in [1.165, 1.54) is 12.4 Å². The number of nitrogens with one attached hydrogen (secondary N) is 1. The maximum Gasteiger partial charge on any atom is 0.209 e. The molecule has 8 nitrogen and oxygen atoms in total. The molecule has 0 aliphatic carbocycles. The van der Waals surface area contributed by atoms with Gasteiger partial charge >= 0.3 is 0 Å². The average Bonchev–Trinajstić information content (AvgIpc) is 2.78. The van der Waals surface area contributed by atoms with Crippen LogP contribution in [0.2, 0.25) is 10.0 Å². The minimum Gasteiger partial charge on any atom is -0.489 e. The highest BCUT2D eigenvalue weighted by Crippen LogP contribution is 2.40. The number of nitrogens with zero attached hydrogens (tertiary/aromatic N) is 4. The van der Waals surface area contributed by atoms with E-state index in [0.29, 0.717) is 38.2 Å². The second-order valence-corrected chi connectivity index (χ2v) is 9.58. The number of hydrogen-bond donors (Lipinski definition) is 2. The van der Waals surface area contributed by atoms with Gasteiger partial charge in [0.25, 0.3) is 0 Å². The lowest BCUT2D eigenvalue weighted by atomic mass is 9.73. The van der Waals surface area contributed by atoms with Crippen LogP contribution in [0.3, 0.4) is 0 Å². The number of anilines is 2. The van der Waals surface area contributed by atoms with Gasteiger partial charge in [-0.3, -0.25) is 15.2 Å². The molecule has 0 radical (unpaired) electrons. The van der Waals surface area contributed by atoms with E-state index in [9.17, 15) is 4.79 Å². The highest BCUT2D eigenvalue weighted by atomic mass is 35.5. The first-order valence-corrected chi connectivity index (χ1v) is 11.4. The summed E-state index contributed by atoms with van der Waals surface area (Å²) in [5.74, 6) is 1.40. The van der Waals surface area contributed by atoms with Gasteiger partial charge in [-0.15, -0.1) is 0 Å². The number of carbonyl (C=O) groups excluding carboxylic acids is 1. The van der Waals surface area contributed by atoms with E-state index in [2.05, 4.69) is 14.9 Å². The molecule has 1 aromatic carbocycles. The Bertz CT molecular complexity index is 1230. The second kappa shape index (κ2) is 8.77. The van der Waals surface area contributed by atoms with Crippen LogP contribution in [0.4, 0.5) is 11.5 Å². The maximum absolute atomic E-state index is 10.8. The molecule has 0 unspecified atom stereocenters. The molecule has 3 aromatic rings. The van der Waals surface area contributed by atoms with Gasteiger partial charge in [0.05, 0.1) is 15.8 Å². The minimum absolute atomic E-state index is 0.162. The molecule has 0 atom stereocenters. The monoisotopic (exact) mass is 496 g/mol. The zero-order chi connectivity index (χ0) is 23.9. The van der Waals surface area contributed by atoms with Gasteiger partial charge in [0, 0.05) is 72.6 Å². The van der Waals surface area contributed by atoms with Crippen LogP contribution in [-0.4, -0.2) is 53.2 Å². The van der Waals surface area contributed by atoms with Crippen molar-refractivity contribution in [2.24, 2.45) is 5.41 Å². The first-order valence-electron chi connectivity index (χ1n) is 10.7. The number of nitrogen functional groups attached to an aromatic ring is 1. The van der Waals surface area contributed by atoms with E-state index < -0.39 is 0 Å². The summed E-state index contributed by atoms with van der Waals surface area (Å²) in [6, 6.07) is 8.96. The number of rotatable bonds is 7. The van der Waals surface area contributed by atoms with E-state index in [4.69, 9.17) is 39.1 Å². The number of halogens is 2. The number of hydrogen-bond acceptors (Lipinski definition) is 7. The van der Waals surface area contributed by atoms with Crippen molar-refractivity contribution in [1.29, 1.82) is 5.41 Å². The van der Waals surface area contributed by atoms with E-state index in [-0.39, 0.29) is 17.7 Å². The quantitative estimate of drug-likeness (QED) is 0.293. The standard InChI is InChI=1S/C24H22Cl2N6O2/c25-19-7-29-8-20(26)18(19)9-34-16-2-3-21(27)17(5-16)23(28)15-1-4-22(30-6-15)32-12-24(13-32)10-31(11-24)14-33/h1-8,14,28H,9-13,27H2. The van der Waals surface area contributed by atoms with Crippen molar-refractivity contribution in [2.45, 2.75) is 6.61 Å². The fraction of sp³-hybridized carbons (Fsp3) is 0.250. The molecule has 1 spiro atoms. The second-order valence-electron chi connectivity index (χ2n) is 8.77. The number of carbonyl (C=O) groups is 1. The van der Waals surface area contributed by atoms with Crippen LogP contribution >= 0.6 is 23.2 Å². The fourth-order valence-electron chi connectivity index (χ4n) is 4.46. The van der Waals surface area contributed by atoms with Crippen LogP contribution in [0, 0.1) is 10.8 Å². The lowest BCUT2D eigenvalue weighted by Crippen LogP contribution is -2.72. The summed E-state index contributed by atoms with van der Waals surface area (Å²) in [7, 11) is 0. The molecule has 2 aliphatic heterocycles. The first-order chi connectivity index (χ1) is 16.4. The molecule has 2 fully saturated rings. The van der Waals surface area contributed by atoms with Crippen molar-refractivity contribution < 1.29 is 9.53 Å². The van der Waals surface area contributed by atoms with Crippen molar-refractivity contribution in [1.82, 2.24) is 14.9 Å². The predicted molar refractivity (Wildman–Crippen MR) is 132 cm³/mol. The summed E-state index contributed by atoms with van der Waals surface area (Å²) in [4.78, 5) is 23.3. The normalized spacial score (nSPS) is 16.1. The molecule has 2 aliphatic rings. The number of amides is 1. The van der Waals surface area contributed by atoms with Crippen molar-refractivity contribution in [3.05, 3.63) is 75.7 Å². The third-order valence-corrected chi connectivity index (χ3v) is 6.92. The van der Waals surface area contributed by atoms with Gasteiger partial charge in [0.2, 0.25) is 6.41 Å². The lowest BCUT2D eigenvalue weighted by molar-refractivity contribution is -0.130. The first kappa shape index (κ1) is 22.4. The Morgan fingerprint density at radius 2 is 1.85 bits per heavy atom. The Kier molecular flexibility index (Phi) is 5.79. The van der Waals surface area contributed by atoms with Gasteiger partial charge in [0.15, 0.2) is 0 Å². The molecule has 10 heteroatoms. The smallest absolute Gasteiger partial charge is 0.209 e. The van der Waals surface area contributed by atoms with Gasteiger partial charge in [0.1, 0.15) is 18.2 Å². The summed E-state index contributed by atoms with van der Waals surface area (Å²) in [6.45, 7) is 3.56. The van der Waals surface area contributed by atoms with Crippen molar-refractivity contribution in [2.75, 3.05) is 36.8 Å². The Balaban J connectivity index is 1.26. The van der Waals surface area contributed by atoms with Gasteiger partial charge in [-0.25, -0.2) is 4.98 Å². The molecule has 3 N–H and O–H groups in total. The topological polar surface area (TPSA) is 108 Å². The molecule has 1 amide bonds. The van der Waals surface area contributed by atoms with E-state index >= 15 is 0 Å². The van der Waals surface area contributed by atoms with Crippen LogP contribution in [0.5, 0.6) is 5.75 Å². The number of pyridine rings is 2. The third kappa shape index (κ3) is 4.15. The molecule has 2 aromatic heterocycles. The van der Waals surface area contributed by atoms with Gasteiger partial charge in [-0.2, -0.15) is 0 Å². The number of benzene rings is 1. The zero-order valence-electron chi connectivity index (χ0n) is 18.2. The van der Waals surface area contributed by atoms with E-state index in [1.54, 1.807) is 29.3 Å². The van der Waals surface area contributed by atoms with E-state index in [0.717, 1.165) is 38.4 Å². The number of nitrogens with two attached hydrogens (primary N) is 1. The summed E-state index contributed by atoms with van der Waals surface area (Å²) in [5, 5.41) is 9.53. The Morgan fingerprint density at radius 3 is 2.50 bits per heavy atom. The van der Waals surface area contributed by atoms with E-state index in [1.807, 2.05) is 12.1 Å². The minimum atomic E-state index is 0.162. The molecule has 0 saturated carbocycles. The van der Waals surface area contributed by atoms with Crippen LogP contribution in [0.25, 0.3) is 0 Å². The Hall–Kier alpha value is -3.36. The molecule has 0 bridgehead atoms. The molecule has 174 valence electrons. The third-order valence-electron chi connectivity index (χ3n) is 6.27. The van der Waals surface area contributed by atoms with Gasteiger partial charge in [-0.1, -0.05) is 23.2 Å². The Morgan fingerprint density at radius 1 is 1.12 bits per heavy atom. The SMILES string of the molecule is N=C(c1ccc(N2CC3(CN(C=O)C3)C2)nc1)c1cc(OCc2c(Cl)cncc2Cl)ccc1N. The summed E-state index contributed by atoms with van der Waals surface area (Å²) in [6.07, 6.45) is 5.62. The van der Waals surface area contributed by atoms with Crippen LogP contribution < -0.4 is 15.4 Å². The highest BCUT2D eigenvalue weighted by Gasteiger charge is 2.51. The zero-order valence-corrected chi connectivity index (χ0v) is 19.7. The predicted octanol–water partition coefficient (Wildman–Crippen LogP) is 3.64. The average molecular weight is 497 g/mol. The molecular formula is C24H22Cl2N6O2. The summed E-state index contributed by atoms with van der Waals surface area (Å²) < 4.78 is 5.86. The molecule has 34 heavy (non-hydrogen) atoms. The van der Waals surface area contributed by atoms with Gasteiger partial charge in [-0.05, 0) is 30.3 Å². The largest absolute Gasteiger partial charge is 0.489 e. The Labute approximate surface area is 206 Å². The number of likely N-dealkylation sites (tertiary alicyclic amines) is 1. The highest BCUT2D eigenvalue weighted by molar-refractivity contribution is 6.35. The fourth-order valence-corrected chi connectivity index (χ4v) is 4.94. The maximum atomic E-state index is 10.8. The summed E-state index contributed by atoms with van der Waals surface area (Å²) in [5.41, 5.74) is 8.94. The van der Waals surface area contributed by atoms with Crippen LogP contribution in [-0.2, 0) is 11.4 Å². The van der Waals surface area contributed by atoms with Gasteiger partial charge < -0.3 is 20.3 Å². The van der Waals surface area contributed by atoms with Crippen LogP contribution in [0.1, 0.15) is 16.7 Å². The van der Waals surface area contributed by atoms with Crippen molar-refractivity contribution in [3.63, 3.8) is 0 Å². The molecule has 5 rings (SSSR count). The van der Waals surface area contributed by atoms with Crippen LogP contribution in [0.15, 0.2) is 48.9 Å². The molecule has 4 heterocycles. The lowest BCUT2D eigenvalue weighted by Gasteiger charge is -2.59.